The summed E-state index contributed by atoms with van der Waals surface area (Å²) >= 11 is 4.79. The van der Waals surface area contributed by atoms with Crippen LogP contribution in [0.25, 0.3) is 0 Å². The van der Waals surface area contributed by atoms with E-state index in [0.29, 0.717) is 0 Å². The van der Waals surface area contributed by atoms with Crippen LogP contribution < -0.4 is 0 Å². The summed E-state index contributed by atoms with van der Waals surface area (Å²) in [6.45, 7) is 0. The lowest BCUT2D eigenvalue weighted by Gasteiger charge is -2.05. The molecule has 0 atom stereocenters. The summed E-state index contributed by atoms with van der Waals surface area (Å²) < 4.78 is 63.2. The van der Waals surface area contributed by atoms with Crippen molar-refractivity contribution in [2.24, 2.45) is 0 Å². The van der Waals surface area contributed by atoms with Crippen LogP contribution in [0.1, 0.15) is 5.56 Å². The van der Waals surface area contributed by atoms with Gasteiger partial charge in [-0.05, 0) is 11.6 Å². The van der Waals surface area contributed by atoms with Gasteiger partial charge in [-0.1, -0.05) is 0 Å². The molecule has 0 saturated heterocycles. The van der Waals surface area contributed by atoms with Gasteiger partial charge in [0.25, 0.3) is 0 Å². The van der Waals surface area contributed by atoms with Gasteiger partial charge in [-0.15, -0.1) is 0 Å². The Kier molecular flexibility index (Phi) is 3.28. The number of carbonyl (C=O) groups is 1. The Balaban J connectivity index is 3.45. The van der Waals surface area contributed by atoms with Gasteiger partial charge < -0.3 is 0 Å². The lowest BCUT2D eigenvalue weighted by molar-refractivity contribution is -0.111. The fraction of sp³-hybridized carbons (Fsp3) is 0.125. The second-order valence-electron chi connectivity index (χ2n) is 2.58. The fourth-order valence-electron chi connectivity index (χ4n) is 0.945. The summed E-state index contributed by atoms with van der Waals surface area (Å²) in [6, 6.07) is 0. The molecule has 82 valence electrons. The van der Waals surface area contributed by atoms with E-state index in [-0.39, 0.29) is 0 Å². The molecule has 0 heterocycles. The summed E-state index contributed by atoms with van der Waals surface area (Å²) in [7, 11) is 0. The topological polar surface area (TPSA) is 17.1 Å². The Bertz CT molecular complexity index is 403. The van der Waals surface area contributed by atoms with Crippen LogP contribution in [0.2, 0.25) is 0 Å². The maximum Gasteiger partial charge on any atom is 0.226 e. The van der Waals surface area contributed by atoms with Crippen LogP contribution in [0.5, 0.6) is 0 Å². The highest BCUT2D eigenvalue weighted by molar-refractivity contribution is 6.63. The highest BCUT2D eigenvalue weighted by Gasteiger charge is 2.26. The molecule has 0 fully saturated rings. The van der Waals surface area contributed by atoms with Gasteiger partial charge in [0.1, 0.15) is 0 Å². The number of hydrogen-bond donors (Lipinski definition) is 0. The highest BCUT2D eigenvalue weighted by atomic mass is 35.5. The van der Waals surface area contributed by atoms with E-state index in [1.807, 2.05) is 0 Å². The van der Waals surface area contributed by atoms with Crippen molar-refractivity contribution in [2.75, 3.05) is 0 Å². The Morgan fingerprint density at radius 3 is 1.53 bits per heavy atom. The predicted molar refractivity (Wildman–Crippen MR) is 40.8 cm³/mol. The molecule has 0 saturated carbocycles. The van der Waals surface area contributed by atoms with E-state index >= 15 is 0 Å². The second kappa shape index (κ2) is 4.14. The average molecular weight is 245 g/mol. The first-order valence-electron chi connectivity index (χ1n) is 3.55. The van der Waals surface area contributed by atoms with Gasteiger partial charge in [0, 0.05) is 5.56 Å². The van der Waals surface area contributed by atoms with Gasteiger partial charge in [0.05, 0.1) is 6.42 Å². The van der Waals surface area contributed by atoms with Gasteiger partial charge in [-0.3, -0.25) is 4.79 Å². The van der Waals surface area contributed by atoms with Crippen molar-refractivity contribution in [1.82, 2.24) is 0 Å². The van der Waals surface area contributed by atoms with E-state index < -0.39 is 46.3 Å². The van der Waals surface area contributed by atoms with Crippen molar-refractivity contribution in [1.29, 1.82) is 0 Å². The van der Waals surface area contributed by atoms with E-state index in [1.54, 1.807) is 0 Å². The summed E-state index contributed by atoms with van der Waals surface area (Å²) in [5, 5.41) is -1.22. The maximum absolute atomic E-state index is 12.8. The van der Waals surface area contributed by atoms with Crippen molar-refractivity contribution in [3.05, 3.63) is 34.6 Å². The van der Waals surface area contributed by atoms with E-state index in [2.05, 4.69) is 0 Å². The molecule has 0 radical (unpaired) electrons. The summed E-state index contributed by atoms with van der Waals surface area (Å²) in [5.41, 5.74) is -1.23. The molecule has 0 unspecified atom stereocenters. The molecule has 1 aromatic rings. The molecule has 0 aliphatic carbocycles. The summed E-state index contributed by atoms with van der Waals surface area (Å²) in [6.07, 6.45) is -1.06. The Morgan fingerprint density at radius 1 is 0.867 bits per heavy atom. The van der Waals surface area contributed by atoms with Crippen molar-refractivity contribution in [2.45, 2.75) is 6.42 Å². The number of halogens is 6. The third-order valence-electron chi connectivity index (χ3n) is 1.62. The zero-order chi connectivity index (χ0) is 11.7. The lowest BCUT2D eigenvalue weighted by Crippen LogP contribution is -2.09. The Labute approximate surface area is 85.5 Å². The average Bonchev–Trinajstić information content (AvgIpc) is 2.18. The Hall–Kier alpha value is -1.17. The van der Waals surface area contributed by atoms with Crippen LogP contribution in [-0.2, 0) is 11.2 Å². The third kappa shape index (κ3) is 2.09. The van der Waals surface area contributed by atoms with Crippen LogP contribution in [0, 0.1) is 29.1 Å². The van der Waals surface area contributed by atoms with Crippen LogP contribution in [0.15, 0.2) is 0 Å². The van der Waals surface area contributed by atoms with E-state index in [1.165, 1.54) is 0 Å². The number of carbonyl (C=O) groups excluding carboxylic acids is 1. The first-order valence-corrected chi connectivity index (χ1v) is 3.92. The van der Waals surface area contributed by atoms with Gasteiger partial charge in [0.15, 0.2) is 23.3 Å². The van der Waals surface area contributed by atoms with Gasteiger partial charge >= 0.3 is 0 Å². The standard InChI is InChI=1S/C8H2ClF5O/c9-3(15)1-2-4(10)6(12)8(14)7(13)5(2)11/h1H2. The minimum Gasteiger partial charge on any atom is -0.281 e. The SMILES string of the molecule is O=C(Cl)Cc1c(F)c(F)c(F)c(F)c1F. The third-order valence-corrected chi connectivity index (χ3v) is 1.75. The van der Waals surface area contributed by atoms with Crippen molar-refractivity contribution in [3.63, 3.8) is 0 Å². The molecule has 7 heteroatoms. The first-order chi connectivity index (χ1) is 6.86. The number of hydrogen-bond acceptors (Lipinski definition) is 1. The predicted octanol–water partition coefficient (Wildman–Crippen LogP) is 2.69. The van der Waals surface area contributed by atoms with Crippen LogP contribution in [0.4, 0.5) is 22.0 Å². The number of benzene rings is 1. The van der Waals surface area contributed by atoms with E-state index in [0.717, 1.165) is 0 Å². The molecule has 1 aromatic carbocycles. The first kappa shape index (κ1) is 11.9. The molecular weight excluding hydrogens is 243 g/mol. The molecule has 1 rings (SSSR count). The minimum absolute atomic E-state index is 1.06. The Morgan fingerprint density at radius 2 is 1.20 bits per heavy atom. The normalized spacial score (nSPS) is 10.5. The molecule has 15 heavy (non-hydrogen) atoms. The second-order valence-corrected chi connectivity index (χ2v) is 3.00. The zero-order valence-corrected chi connectivity index (χ0v) is 7.64. The van der Waals surface area contributed by atoms with E-state index in [4.69, 9.17) is 11.6 Å². The molecule has 0 aliphatic rings. The van der Waals surface area contributed by atoms with Gasteiger partial charge in [0.2, 0.25) is 11.1 Å². The zero-order valence-electron chi connectivity index (χ0n) is 6.88. The summed E-state index contributed by atoms with van der Waals surface area (Å²) in [4.78, 5) is 10.3. The molecule has 0 aromatic heterocycles. The van der Waals surface area contributed by atoms with Crippen molar-refractivity contribution < 1.29 is 26.7 Å². The molecule has 0 aliphatic heterocycles. The largest absolute Gasteiger partial charge is 0.281 e. The monoisotopic (exact) mass is 244 g/mol. The minimum atomic E-state index is -2.27. The smallest absolute Gasteiger partial charge is 0.226 e. The molecule has 0 bridgehead atoms. The number of rotatable bonds is 2. The van der Waals surface area contributed by atoms with Crippen molar-refractivity contribution in [3.8, 4) is 0 Å². The lowest BCUT2D eigenvalue weighted by atomic mass is 10.1. The van der Waals surface area contributed by atoms with E-state index in [9.17, 15) is 26.7 Å². The molecule has 0 spiro atoms. The molecule has 0 amide bonds. The van der Waals surface area contributed by atoms with Crippen LogP contribution in [-0.4, -0.2) is 5.24 Å². The fourth-order valence-corrected chi connectivity index (χ4v) is 1.08. The molecular formula is C8H2ClF5O. The van der Waals surface area contributed by atoms with Gasteiger partial charge in [-0.25, -0.2) is 22.0 Å². The quantitative estimate of drug-likeness (QED) is 0.338. The molecule has 0 N–H and O–H groups in total. The van der Waals surface area contributed by atoms with Crippen LogP contribution >= 0.6 is 11.6 Å². The van der Waals surface area contributed by atoms with Crippen LogP contribution in [0.3, 0.4) is 0 Å². The highest BCUT2D eigenvalue weighted by Crippen LogP contribution is 2.23. The van der Waals surface area contributed by atoms with Crippen molar-refractivity contribution >= 4 is 16.8 Å². The summed E-state index contributed by atoms with van der Waals surface area (Å²) in [5.74, 6) is -10.5. The molecule has 1 nitrogen and oxygen atoms in total. The van der Waals surface area contributed by atoms with Gasteiger partial charge in [-0.2, -0.15) is 0 Å². The maximum atomic E-state index is 12.8.